The molecular weight excluding hydrogens is 1630 g/mol. The zero-order valence-corrected chi connectivity index (χ0v) is 67.6. The van der Waals surface area contributed by atoms with Crippen LogP contribution in [0.1, 0.15) is 172 Å². The molecule has 8 aliphatic heterocycles. The molecule has 0 bridgehead atoms. The fourth-order valence-corrected chi connectivity index (χ4v) is 20.4. The monoisotopic (exact) mass is 1700 g/mol. The van der Waals surface area contributed by atoms with Gasteiger partial charge in [-0.25, -0.2) is 0 Å². The number of carbonyl (C=O) groups is 8. The number of hydrogen-bond acceptors (Lipinski definition) is 16. The molecular formula is C78H71BrCl3IO8S8. The molecule has 99 heavy (non-hydrogen) atoms. The highest BCUT2D eigenvalue weighted by Crippen LogP contribution is 2.40. The number of ketones is 8. The van der Waals surface area contributed by atoms with Crippen molar-refractivity contribution in [3.05, 3.63) is 230 Å². The number of fused-ring (bicyclic) bond motifs is 8. The Morgan fingerprint density at radius 3 is 1.12 bits per heavy atom. The standard InChI is InChI=1S/C13H16OS.2C10H10OS.C9H7BrOS.C9H6Cl2OS.C9H7ClOS.C9H7IOS.C9H8OS/c1-13(2,3)9-4-5-12-10(8-9)11(14)6-7-15-12;2*1-7-2-3-10-8(6-7)9(11)4-5-12-10;10-6-1-2-9-7(5-6)8(11)3-4-12-9;10-5-3-6-8(12)1-2-13-9(6)7(11)4-5;2*10-6-1-2-9-7(5-6)8(11)3-4-12-9;10-8-5-6-11-9-4-2-1-3-7(8)9/h4-5,8H,6-7H2,1-3H3;2*2-3,6H,4-5H2,1H3;1-2,5H,3-4H2;3-4H,1-2H2;2*1-2,5H,3-4H2;1-4H,5-6H2. The second-order valence-electron chi connectivity index (χ2n) is 24.3. The molecule has 8 heterocycles. The number of thioether (sulfide) groups is 8. The molecule has 8 aromatic carbocycles. The summed E-state index contributed by atoms with van der Waals surface area (Å²) >= 11 is 37.1. The zero-order valence-electron chi connectivity index (χ0n) is 55.1. The van der Waals surface area contributed by atoms with Gasteiger partial charge in [0.25, 0.3) is 0 Å². The first-order chi connectivity index (χ1) is 47.4. The summed E-state index contributed by atoms with van der Waals surface area (Å²) in [5, 5.41) is 1.75. The molecule has 8 nitrogen and oxygen atoms in total. The van der Waals surface area contributed by atoms with E-state index in [2.05, 4.69) is 89.6 Å². The fourth-order valence-electron chi connectivity index (χ4n) is 10.7. The van der Waals surface area contributed by atoms with Gasteiger partial charge in [-0.2, -0.15) is 0 Å². The lowest BCUT2D eigenvalue weighted by Gasteiger charge is -2.22. The minimum atomic E-state index is 0.122. The molecule has 8 aromatic rings. The van der Waals surface area contributed by atoms with Crippen LogP contribution in [0, 0.1) is 17.4 Å². The van der Waals surface area contributed by atoms with Crippen LogP contribution in [0.2, 0.25) is 15.1 Å². The Balaban J connectivity index is 0.000000132. The lowest BCUT2D eigenvalue weighted by Crippen LogP contribution is -2.14. The molecule has 0 amide bonds. The van der Waals surface area contributed by atoms with Crippen LogP contribution in [0.3, 0.4) is 0 Å². The number of rotatable bonds is 0. The van der Waals surface area contributed by atoms with E-state index in [0.717, 1.165) is 132 Å². The van der Waals surface area contributed by atoms with E-state index in [4.69, 9.17) is 34.8 Å². The van der Waals surface area contributed by atoms with Crippen molar-refractivity contribution in [2.45, 2.75) is 131 Å². The van der Waals surface area contributed by atoms with Crippen LogP contribution >= 0.6 is 167 Å². The van der Waals surface area contributed by atoms with E-state index in [1.54, 1.807) is 112 Å². The third-order valence-electron chi connectivity index (χ3n) is 15.9. The first kappa shape index (κ1) is 79.1. The quantitative estimate of drug-likeness (QED) is 0.133. The predicted molar refractivity (Wildman–Crippen MR) is 433 cm³/mol. The molecule has 0 radical (unpaired) electrons. The predicted octanol–water partition coefficient (Wildman–Crippen LogP) is 24.2. The molecule has 0 saturated carbocycles. The molecule has 0 N–H and O–H groups in total. The van der Waals surface area contributed by atoms with Crippen molar-refractivity contribution < 1.29 is 38.4 Å². The normalized spacial score (nSPS) is 16.0. The number of carbonyl (C=O) groups excluding carboxylic acids is 8. The van der Waals surface area contributed by atoms with Crippen LogP contribution in [-0.4, -0.2) is 92.3 Å². The molecule has 0 unspecified atom stereocenters. The second kappa shape index (κ2) is 38.1. The van der Waals surface area contributed by atoms with Gasteiger partial charge in [-0.1, -0.05) is 119 Å². The number of hydrogen-bond donors (Lipinski definition) is 0. The smallest absolute Gasteiger partial charge is 0.164 e. The van der Waals surface area contributed by atoms with E-state index >= 15 is 0 Å². The summed E-state index contributed by atoms with van der Waals surface area (Å²) in [5.74, 6) is 9.42. The third kappa shape index (κ3) is 22.8. The minimum Gasteiger partial charge on any atom is -0.294 e. The minimum absolute atomic E-state index is 0.122. The maximum Gasteiger partial charge on any atom is 0.164 e. The Hall–Kier alpha value is -4.00. The van der Waals surface area contributed by atoms with E-state index in [1.165, 1.54) is 16.7 Å². The van der Waals surface area contributed by atoms with Gasteiger partial charge < -0.3 is 0 Å². The van der Waals surface area contributed by atoms with Gasteiger partial charge in [0.2, 0.25) is 0 Å². The van der Waals surface area contributed by atoms with Crippen LogP contribution in [0.15, 0.2) is 189 Å². The highest BCUT2D eigenvalue weighted by molar-refractivity contribution is 14.1. The van der Waals surface area contributed by atoms with Crippen molar-refractivity contribution in [2.24, 2.45) is 0 Å². The highest BCUT2D eigenvalue weighted by atomic mass is 127. The molecule has 0 fully saturated rings. The molecule has 514 valence electrons. The average Bonchev–Trinajstić information content (AvgIpc) is 0.833. The summed E-state index contributed by atoms with van der Waals surface area (Å²) in [6.07, 6.45) is 5.35. The van der Waals surface area contributed by atoms with E-state index in [1.807, 2.05) is 111 Å². The average molecular weight is 1710 g/mol. The molecule has 0 atom stereocenters. The number of benzene rings is 8. The first-order valence-electron chi connectivity index (χ1n) is 32.0. The molecule has 16 rings (SSSR count). The van der Waals surface area contributed by atoms with Crippen LogP contribution in [0.25, 0.3) is 0 Å². The Morgan fingerprint density at radius 1 is 0.333 bits per heavy atom. The van der Waals surface area contributed by atoms with Crippen molar-refractivity contribution in [1.29, 1.82) is 0 Å². The SMILES string of the molecule is CC(C)(C)c1ccc2c(c1)C(=O)CCS2.Cc1ccc2c(c1)C(=O)CCS2.Cc1ccc2c(c1)C(=O)CCS2.O=C1CCSc2c(Cl)cc(Cl)cc21.O=C1CCSc2ccc(Br)cc21.O=C1CCSc2ccc(Cl)cc21.O=C1CCSc2ccc(I)cc21.O=C1CCSc2ccccc21. The molecule has 0 aromatic heterocycles. The zero-order chi connectivity index (χ0) is 70.9. The summed E-state index contributed by atoms with van der Waals surface area (Å²) in [6, 6.07) is 47.1. The molecule has 0 aliphatic carbocycles. The van der Waals surface area contributed by atoms with Gasteiger partial charge in [-0.15, -0.1) is 94.1 Å². The Morgan fingerprint density at radius 2 is 0.667 bits per heavy atom. The summed E-state index contributed by atoms with van der Waals surface area (Å²) in [7, 11) is 0. The molecule has 21 heteroatoms. The lowest BCUT2D eigenvalue weighted by atomic mass is 9.85. The van der Waals surface area contributed by atoms with Gasteiger partial charge in [0, 0.05) is 199 Å². The van der Waals surface area contributed by atoms with Crippen molar-refractivity contribution in [3.8, 4) is 0 Å². The van der Waals surface area contributed by atoms with Gasteiger partial charge in [0.15, 0.2) is 46.3 Å². The van der Waals surface area contributed by atoms with Crippen LogP contribution < -0.4 is 0 Å². The van der Waals surface area contributed by atoms with Crippen LogP contribution in [0.5, 0.6) is 0 Å². The molecule has 0 saturated heterocycles. The van der Waals surface area contributed by atoms with Crippen molar-refractivity contribution in [2.75, 3.05) is 46.0 Å². The van der Waals surface area contributed by atoms with E-state index < -0.39 is 0 Å². The number of aryl methyl sites for hydroxylation is 2. The van der Waals surface area contributed by atoms with Gasteiger partial charge in [-0.3, -0.25) is 38.4 Å². The summed E-state index contributed by atoms with van der Waals surface area (Å²) in [4.78, 5) is 100. The van der Waals surface area contributed by atoms with Crippen molar-refractivity contribution in [3.63, 3.8) is 0 Å². The highest BCUT2D eigenvalue weighted by Gasteiger charge is 2.25. The topological polar surface area (TPSA) is 137 Å². The summed E-state index contributed by atoms with van der Waals surface area (Å²) in [5.41, 5.74) is 10.6. The fraction of sp³-hybridized carbons (Fsp3) is 0.282. The maximum absolute atomic E-state index is 11.8. The molecule has 8 aliphatic rings. The number of halogens is 5. The van der Waals surface area contributed by atoms with E-state index in [9.17, 15) is 38.4 Å². The summed E-state index contributed by atoms with van der Waals surface area (Å²) < 4.78 is 2.12. The van der Waals surface area contributed by atoms with E-state index in [-0.39, 0.29) is 22.8 Å². The maximum atomic E-state index is 11.8. The molecule has 0 spiro atoms. The lowest BCUT2D eigenvalue weighted by molar-refractivity contribution is 0.0976. The Kier molecular flexibility index (Phi) is 30.5. The van der Waals surface area contributed by atoms with Gasteiger partial charge in [-0.05, 0) is 157 Å². The number of Topliss-reactive ketones (excluding diaryl/α,β-unsaturated/α-hetero) is 8. The van der Waals surface area contributed by atoms with Gasteiger partial charge in [0.1, 0.15) is 0 Å². The van der Waals surface area contributed by atoms with Crippen LogP contribution in [-0.2, 0) is 5.41 Å². The van der Waals surface area contributed by atoms with Crippen LogP contribution in [0.4, 0.5) is 0 Å². The van der Waals surface area contributed by atoms with Gasteiger partial charge >= 0.3 is 0 Å². The first-order valence-corrected chi connectivity index (χ1v) is 42.9. The summed E-state index contributed by atoms with van der Waals surface area (Å²) in [6.45, 7) is 10.6. The van der Waals surface area contributed by atoms with Crippen molar-refractivity contribution in [1.82, 2.24) is 0 Å². The Bertz CT molecular complexity index is 4010. The third-order valence-corrected chi connectivity index (χ3v) is 26.6. The van der Waals surface area contributed by atoms with E-state index in [0.29, 0.717) is 101 Å². The van der Waals surface area contributed by atoms with Gasteiger partial charge in [0.05, 0.1) is 5.02 Å². The second-order valence-corrected chi connectivity index (χ2v) is 36.8. The Labute approximate surface area is 651 Å². The van der Waals surface area contributed by atoms with Crippen molar-refractivity contribution >= 4 is 214 Å². The largest absolute Gasteiger partial charge is 0.294 e.